The number of ether oxygens (including phenoxy) is 1. The summed E-state index contributed by atoms with van der Waals surface area (Å²) in [5, 5.41) is 0. The van der Waals surface area contributed by atoms with Crippen LogP contribution < -0.4 is 0 Å². The van der Waals surface area contributed by atoms with E-state index in [9.17, 15) is 39.9 Å². The molecule has 0 unspecified atom stereocenters. The Labute approximate surface area is 153 Å². The van der Waals surface area contributed by atoms with Crippen LogP contribution in [0.25, 0.3) is 0 Å². The van der Waals surface area contributed by atoms with Crippen molar-refractivity contribution in [1.82, 2.24) is 14.9 Å². The van der Waals surface area contributed by atoms with Crippen molar-refractivity contribution in [3.63, 3.8) is 0 Å². The van der Waals surface area contributed by atoms with Crippen LogP contribution in [0.2, 0.25) is 0 Å². The van der Waals surface area contributed by atoms with Gasteiger partial charge in [0.2, 0.25) is 5.82 Å². The quantitative estimate of drug-likeness (QED) is 0.630. The number of carbonyl (C=O) groups excluding carboxylic acids is 1. The summed E-state index contributed by atoms with van der Waals surface area (Å²) in [7, 11) is 0. The molecule has 0 atom stereocenters. The third-order valence-corrected chi connectivity index (χ3v) is 3.62. The number of amides is 1. The van der Waals surface area contributed by atoms with Crippen LogP contribution in [0.5, 0.6) is 0 Å². The molecule has 28 heavy (non-hydrogen) atoms. The number of fused-ring (bicyclic) bond motifs is 1. The van der Waals surface area contributed by atoms with Crippen molar-refractivity contribution in [2.75, 3.05) is 6.54 Å². The molecule has 0 N–H and O–H groups in total. The first-order chi connectivity index (χ1) is 12.4. The SMILES string of the molecule is CC(C)(C)OC(=O)N1CCc2c(nc(C(F)(F)C(F)(F)F)nc2C(F)(F)F)C1. The van der Waals surface area contributed by atoms with E-state index in [1.54, 1.807) is 0 Å². The molecule has 158 valence electrons. The summed E-state index contributed by atoms with van der Waals surface area (Å²) in [5.74, 6) is -8.02. The highest BCUT2D eigenvalue weighted by Crippen LogP contribution is 2.44. The minimum Gasteiger partial charge on any atom is -0.444 e. The first-order valence-electron chi connectivity index (χ1n) is 7.83. The van der Waals surface area contributed by atoms with Gasteiger partial charge in [0.1, 0.15) is 5.60 Å². The minimum absolute atomic E-state index is 0.274. The predicted octanol–water partition coefficient (Wildman–Crippen LogP) is 4.44. The van der Waals surface area contributed by atoms with E-state index in [0.717, 1.165) is 4.90 Å². The third kappa shape index (κ3) is 4.43. The van der Waals surface area contributed by atoms with Crippen LogP contribution in [0.3, 0.4) is 0 Å². The Bertz CT molecular complexity index is 768. The molecule has 0 bridgehead atoms. The zero-order chi connectivity index (χ0) is 21.7. The molecule has 1 aromatic heterocycles. The van der Waals surface area contributed by atoms with Crippen LogP contribution in [0.15, 0.2) is 0 Å². The van der Waals surface area contributed by atoms with Gasteiger partial charge < -0.3 is 9.64 Å². The highest BCUT2D eigenvalue weighted by Gasteiger charge is 2.62. The van der Waals surface area contributed by atoms with E-state index in [-0.39, 0.29) is 6.54 Å². The first kappa shape index (κ1) is 22.1. The number of alkyl halides is 8. The lowest BCUT2D eigenvalue weighted by Crippen LogP contribution is -2.42. The predicted molar refractivity (Wildman–Crippen MR) is 77.3 cm³/mol. The zero-order valence-corrected chi connectivity index (χ0v) is 14.8. The van der Waals surface area contributed by atoms with Crippen molar-refractivity contribution in [2.45, 2.75) is 57.6 Å². The number of aromatic nitrogens is 2. The van der Waals surface area contributed by atoms with E-state index in [2.05, 4.69) is 9.97 Å². The normalized spacial score (nSPS) is 16.0. The monoisotopic (exact) mass is 421 g/mol. The molecule has 0 aromatic carbocycles. The summed E-state index contributed by atoms with van der Waals surface area (Å²) in [6, 6.07) is 0. The molecule has 0 fully saturated rings. The number of carbonyl (C=O) groups is 1. The Morgan fingerprint density at radius 3 is 2.04 bits per heavy atom. The molecule has 1 aliphatic heterocycles. The standard InChI is InChI=1S/C15H15F8N3O2/c1-12(2,3)28-11(27)26-5-4-7-8(6-26)24-10(13(16,17)15(21,22)23)25-9(7)14(18,19)20/h4-6H2,1-3H3. The molecule has 0 radical (unpaired) electrons. The fourth-order valence-electron chi connectivity index (χ4n) is 2.41. The molecule has 1 aliphatic rings. The van der Waals surface area contributed by atoms with Gasteiger partial charge in [-0.3, -0.25) is 0 Å². The van der Waals surface area contributed by atoms with Gasteiger partial charge in [-0.15, -0.1) is 0 Å². The van der Waals surface area contributed by atoms with E-state index in [1.165, 1.54) is 20.8 Å². The maximum absolute atomic E-state index is 13.6. The average Bonchev–Trinajstić information content (AvgIpc) is 2.49. The average molecular weight is 421 g/mol. The van der Waals surface area contributed by atoms with Crippen LogP contribution in [0, 0.1) is 0 Å². The summed E-state index contributed by atoms with van der Waals surface area (Å²) < 4.78 is 109. The van der Waals surface area contributed by atoms with Gasteiger partial charge in [-0.1, -0.05) is 0 Å². The second kappa shape index (κ2) is 6.69. The lowest BCUT2D eigenvalue weighted by Gasteiger charge is -2.32. The molecule has 0 aliphatic carbocycles. The van der Waals surface area contributed by atoms with Gasteiger partial charge >= 0.3 is 24.4 Å². The van der Waals surface area contributed by atoms with E-state index in [1.807, 2.05) is 0 Å². The van der Waals surface area contributed by atoms with Crippen LogP contribution in [0.1, 0.15) is 43.5 Å². The molecule has 2 heterocycles. The number of halogens is 8. The molecule has 13 heteroatoms. The summed E-state index contributed by atoms with van der Waals surface area (Å²) in [6.45, 7) is 3.57. The van der Waals surface area contributed by atoms with Gasteiger partial charge in [-0.05, 0) is 27.2 Å². The second-order valence-electron chi connectivity index (χ2n) is 7.04. The van der Waals surface area contributed by atoms with Gasteiger partial charge in [0.25, 0.3) is 0 Å². The molecular formula is C15H15F8N3O2. The Morgan fingerprint density at radius 2 is 1.57 bits per heavy atom. The maximum atomic E-state index is 13.6. The van der Waals surface area contributed by atoms with Gasteiger partial charge in [0, 0.05) is 12.1 Å². The highest BCUT2D eigenvalue weighted by molar-refractivity contribution is 5.68. The van der Waals surface area contributed by atoms with Crippen molar-refractivity contribution in [3.05, 3.63) is 22.8 Å². The Hall–Kier alpha value is -2.21. The Balaban J connectivity index is 2.52. The van der Waals surface area contributed by atoms with Crippen molar-refractivity contribution >= 4 is 6.09 Å². The van der Waals surface area contributed by atoms with Crippen LogP contribution in [0.4, 0.5) is 39.9 Å². The third-order valence-electron chi connectivity index (χ3n) is 3.62. The fourth-order valence-corrected chi connectivity index (χ4v) is 2.41. The fraction of sp³-hybridized carbons (Fsp3) is 0.667. The Kier molecular flexibility index (Phi) is 5.28. The van der Waals surface area contributed by atoms with Crippen LogP contribution in [-0.2, 0) is 29.8 Å². The van der Waals surface area contributed by atoms with Crippen molar-refractivity contribution < 1.29 is 44.7 Å². The first-order valence-corrected chi connectivity index (χ1v) is 7.83. The van der Waals surface area contributed by atoms with Crippen molar-refractivity contribution in [1.29, 1.82) is 0 Å². The summed E-state index contributed by atoms with van der Waals surface area (Å²) in [5.41, 5.74) is -4.19. The molecule has 5 nitrogen and oxygen atoms in total. The molecule has 0 spiro atoms. The van der Waals surface area contributed by atoms with Crippen LogP contribution >= 0.6 is 0 Å². The summed E-state index contributed by atoms with van der Waals surface area (Å²) in [4.78, 5) is 18.4. The smallest absolute Gasteiger partial charge is 0.444 e. The summed E-state index contributed by atoms with van der Waals surface area (Å²) >= 11 is 0. The van der Waals surface area contributed by atoms with Crippen LogP contribution in [-0.4, -0.2) is 39.3 Å². The van der Waals surface area contributed by atoms with Gasteiger partial charge in [0.15, 0.2) is 5.69 Å². The van der Waals surface area contributed by atoms with Gasteiger partial charge in [-0.25, -0.2) is 14.8 Å². The Morgan fingerprint density at radius 1 is 1.00 bits per heavy atom. The van der Waals surface area contributed by atoms with E-state index < -0.39 is 65.7 Å². The molecule has 0 saturated carbocycles. The molecular weight excluding hydrogens is 406 g/mol. The van der Waals surface area contributed by atoms with Gasteiger partial charge in [-0.2, -0.15) is 35.1 Å². The number of rotatable bonds is 1. The molecule has 0 saturated heterocycles. The molecule has 1 aromatic rings. The zero-order valence-electron chi connectivity index (χ0n) is 14.8. The lowest BCUT2D eigenvalue weighted by atomic mass is 10.0. The van der Waals surface area contributed by atoms with E-state index in [0.29, 0.717) is 0 Å². The minimum atomic E-state index is -6.19. The van der Waals surface area contributed by atoms with Crippen molar-refractivity contribution in [2.24, 2.45) is 0 Å². The maximum Gasteiger partial charge on any atom is 0.461 e. The van der Waals surface area contributed by atoms with E-state index in [4.69, 9.17) is 4.74 Å². The van der Waals surface area contributed by atoms with E-state index >= 15 is 0 Å². The number of hydrogen-bond donors (Lipinski definition) is 0. The number of nitrogens with zero attached hydrogens (tertiary/aromatic N) is 3. The van der Waals surface area contributed by atoms with Crippen molar-refractivity contribution in [3.8, 4) is 0 Å². The number of hydrogen-bond acceptors (Lipinski definition) is 4. The highest BCUT2D eigenvalue weighted by atomic mass is 19.4. The largest absolute Gasteiger partial charge is 0.461 e. The molecule has 1 amide bonds. The topological polar surface area (TPSA) is 55.3 Å². The summed E-state index contributed by atoms with van der Waals surface area (Å²) in [6.07, 6.45) is -12.9. The molecule has 2 rings (SSSR count). The second-order valence-corrected chi connectivity index (χ2v) is 7.04. The van der Waals surface area contributed by atoms with Gasteiger partial charge in [0.05, 0.1) is 12.2 Å². The lowest BCUT2D eigenvalue weighted by molar-refractivity contribution is -0.293.